The van der Waals surface area contributed by atoms with Crippen LogP contribution in [0.4, 0.5) is 0 Å². The molecule has 17 heavy (non-hydrogen) atoms. The Labute approximate surface area is 108 Å². The molecule has 0 aliphatic heterocycles. The molecule has 0 bridgehead atoms. The van der Waals surface area contributed by atoms with Crippen LogP contribution in [0.1, 0.15) is 65.7 Å². The van der Waals surface area contributed by atoms with Gasteiger partial charge in [-0.25, -0.2) is 0 Å². The zero-order chi connectivity index (χ0) is 12.6. The summed E-state index contributed by atoms with van der Waals surface area (Å²) in [6.45, 7) is 10.0. The van der Waals surface area contributed by atoms with E-state index in [-0.39, 0.29) is 0 Å². The summed E-state index contributed by atoms with van der Waals surface area (Å²) in [6, 6.07) is 0. The number of unbranched alkanes of at least 4 members (excludes halogenated alkanes) is 2. The minimum Gasteiger partial charge on any atom is -0.377 e. The van der Waals surface area contributed by atoms with Gasteiger partial charge in [-0.3, -0.25) is 0 Å². The second-order valence-electron chi connectivity index (χ2n) is 6.19. The molecule has 0 unspecified atom stereocenters. The molecule has 1 saturated carbocycles. The molecule has 0 aromatic heterocycles. The van der Waals surface area contributed by atoms with Gasteiger partial charge in [-0.1, -0.05) is 33.6 Å². The van der Waals surface area contributed by atoms with Crippen molar-refractivity contribution in [2.45, 2.75) is 71.8 Å². The van der Waals surface area contributed by atoms with Crippen LogP contribution in [0.25, 0.3) is 0 Å². The molecule has 0 saturated heterocycles. The third-order valence-electron chi connectivity index (χ3n) is 3.88. The molecule has 0 heterocycles. The lowest BCUT2D eigenvalue weighted by atomic mass is 9.76. The fourth-order valence-corrected chi connectivity index (χ4v) is 2.46. The van der Waals surface area contributed by atoms with Gasteiger partial charge in [0.15, 0.2) is 0 Å². The van der Waals surface area contributed by atoms with Crippen LogP contribution in [0.2, 0.25) is 0 Å². The van der Waals surface area contributed by atoms with Crippen LogP contribution < -0.4 is 5.32 Å². The lowest BCUT2D eigenvalue weighted by Gasteiger charge is -2.34. The third kappa shape index (κ3) is 7.05. The monoisotopic (exact) mass is 241 g/mol. The van der Waals surface area contributed by atoms with E-state index in [1.165, 1.54) is 44.9 Å². The smallest absolute Gasteiger partial charge is 0.0594 e. The van der Waals surface area contributed by atoms with Crippen LogP contribution >= 0.6 is 0 Å². The molecule has 0 aromatic rings. The summed E-state index contributed by atoms with van der Waals surface area (Å²) in [6.07, 6.45) is 9.62. The van der Waals surface area contributed by atoms with Crippen molar-refractivity contribution in [1.82, 2.24) is 5.32 Å². The predicted octanol–water partition coefficient (Wildman–Crippen LogP) is 3.75. The molecule has 0 radical (unpaired) electrons. The van der Waals surface area contributed by atoms with Crippen molar-refractivity contribution in [3.63, 3.8) is 0 Å². The Morgan fingerprint density at radius 1 is 1.12 bits per heavy atom. The highest BCUT2D eigenvalue weighted by atomic mass is 16.5. The van der Waals surface area contributed by atoms with E-state index in [9.17, 15) is 0 Å². The maximum atomic E-state index is 5.92. The summed E-state index contributed by atoms with van der Waals surface area (Å²) in [5, 5.41) is 3.45. The quantitative estimate of drug-likeness (QED) is 0.653. The van der Waals surface area contributed by atoms with Crippen molar-refractivity contribution >= 4 is 0 Å². The average molecular weight is 241 g/mol. The minimum absolute atomic E-state index is 0.528. The van der Waals surface area contributed by atoms with Crippen LogP contribution in [0.5, 0.6) is 0 Å². The van der Waals surface area contributed by atoms with E-state index in [0.29, 0.717) is 11.5 Å². The Morgan fingerprint density at radius 3 is 2.47 bits per heavy atom. The number of nitrogens with one attached hydrogen (secondary N) is 1. The maximum absolute atomic E-state index is 5.92. The number of hydrogen-bond donors (Lipinski definition) is 1. The predicted molar refractivity (Wildman–Crippen MR) is 74.4 cm³/mol. The highest BCUT2D eigenvalue weighted by molar-refractivity contribution is 4.78. The zero-order valence-corrected chi connectivity index (χ0v) is 12.1. The van der Waals surface area contributed by atoms with E-state index in [0.717, 1.165) is 19.7 Å². The van der Waals surface area contributed by atoms with E-state index in [2.05, 4.69) is 26.1 Å². The molecule has 1 aliphatic carbocycles. The van der Waals surface area contributed by atoms with Gasteiger partial charge in [0.1, 0.15) is 0 Å². The first kappa shape index (κ1) is 15.0. The Morgan fingerprint density at radius 2 is 1.82 bits per heavy atom. The van der Waals surface area contributed by atoms with Gasteiger partial charge < -0.3 is 10.1 Å². The molecular weight excluding hydrogens is 210 g/mol. The van der Waals surface area contributed by atoms with Crippen LogP contribution in [-0.4, -0.2) is 25.8 Å². The normalized spacial score (nSPS) is 20.6. The molecule has 0 spiro atoms. The Bertz CT molecular complexity index is 181. The topological polar surface area (TPSA) is 21.3 Å². The van der Waals surface area contributed by atoms with Gasteiger partial charge >= 0.3 is 0 Å². The first-order valence-electron chi connectivity index (χ1n) is 7.46. The van der Waals surface area contributed by atoms with Crippen molar-refractivity contribution in [2.24, 2.45) is 5.41 Å². The highest BCUT2D eigenvalue weighted by Crippen LogP contribution is 2.35. The zero-order valence-electron chi connectivity index (χ0n) is 12.1. The van der Waals surface area contributed by atoms with Crippen molar-refractivity contribution in [3.05, 3.63) is 0 Å². The summed E-state index contributed by atoms with van der Waals surface area (Å²) in [7, 11) is 0. The van der Waals surface area contributed by atoms with Gasteiger partial charge in [-0.2, -0.15) is 0 Å². The molecule has 1 N–H and O–H groups in total. The molecule has 1 fully saturated rings. The third-order valence-corrected chi connectivity index (χ3v) is 3.88. The summed E-state index contributed by atoms with van der Waals surface area (Å²) in [5.74, 6) is 0. The van der Waals surface area contributed by atoms with Gasteiger partial charge in [0.2, 0.25) is 0 Å². The van der Waals surface area contributed by atoms with E-state index in [4.69, 9.17) is 4.74 Å². The van der Waals surface area contributed by atoms with Crippen LogP contribution in [0.15, 0.2) is 0 Å². The summed E-state index contributed by atoms with van der Waals surface area (Å²) in [4.78, 5) is 0. The lowest BCUT2D eigenvalue weighted by Crippen LogP contribution is -2.29. The summed E-state index contributed by atoms with van der Waals surface area (Å²) >= 11 is 0. The minimum atomic E-state index is 0.528. The van der Waals surface area contributed by atoms with Crippen molar-refractivity contribution in [2.75, 3.05) is 19.7 Å². The molecule has 2 nitrogen and oxygen atoms in total. The molecule has 0 atom stereocenters. The average Bonchev–Trinajstić information content (AvgIpc) is 2.30. The fraction of sp³-hybridized carbons (Fsp3) is 1.00. The highest BCUT2D eigenvalue weighted by Gasteiger charge is 2.26. The van der Waals surface area contributed by atoms with E-state index >= 15 is 0 Å². The first-order chi connectivity index (χ1) is 8.14. The summed E-state index contributed by atoms with van der Waals surface area (Å²) in [5.41, 5.74) is 0.554. The van der Waals surface area contributed by atoms with Crippen molar-refractivity contribution in [3.8, 4) is 0 Å². The molecule has 1 aliphatic rings. The van der Waals surface area contributed by atoms with Crippen LogP contribution in [-0.2, 0) is 4.74 Å². The van der Waals surface area contributed by atoms with E-state index in [1.807, 2.05) is 0 Å². The molecule has 0 amide bonds. The van der Waals surface area contributed by atoms with Gasteiger partial charge in [0, 0.05) is 6.54 Å². The molecule has 2 heteroatoms. The van der Waals surface area contributed by atoms with Crippen molar-refractivity contribution in [1.29, 1.82) is 0 Å². The first-order valence-corrected chi connectivity index (χ1v) is 7.46. The number of hydrogen-bond acceptors (Lipinski definition) is 2. The second kappa shape index (κ2) is 8.10. The summed E-state index contributed by atoms with van der Waals surface area (Å²) < 4.78 is 5.92. The molecule has 1 rings (SSSR count). The maximum Gasteiger partial charge on any atom is 0.0594 e. The van der Waals surface area contributed by atoms with Crippen LogP contribution in [0.3, 0.4) is 0 Å². The molecular formula is C15H31NO. The Kier molecular flexibility index (Phi) is 7.14. The van der Waals surface area contributed by atoms with Gasteiger partial charge in [-0.05, 0) is 44.1 Å². The Balaban J connectivity index is 1.90. The van der Waals surface area contributed by atoms with Crippen molar-refractivity contribution < 1.29 is 4.74 Å². The fourth-order valence-electron chi connectivity index (χ4n) is 2.46. The number of ether oxygens (including phenoxy) is 1. The molecule has 0 aromatic carbocycles. The van der Waals surface area contributed by atoms with Crippen LogP contribution in [0, 0.1) is 5.41 Å². The Hall–Kier alpha value is -0.0800. The van der Waals surface area contributed by atoms with E-state index < -0.39 is 0 Å². The standard InChI is InChI=1S/C15H31NO/c1-4-5-6-11-16-12-13-17-14-7-9-15(2,3)10-8-14/h14,16H,4-13H2,1-3H3. The largest absolute Gasteiger partial charge is 0.377 e. The second-order valence-corrected chi connectivity index (χ2v) is 6.19. The van der Waals surface area contributed by atoms with Gasteiger partial charge in [-0.15, -0.1) is 0 Å². The number of rotatable bonds is 8. The molecule has 102 valence electrons. The SMILES string of the molecule is CCCCCNCCOC1CCC(C)(C)CC1. The van der Waals surface area contributed by atoms with Gasteiger partial charge in [0.25, 0.3) is 0 Å². The van der Waals surface area contributed by atoms with Gasteiger partial charge in [0.05, 0.1) is 12.7 Å². The van der Waals surface area contributed by atoms with E-state index in [1.54, 1.807) is 0 Å². The lowest BCUT2D eigenvalue weighted by molar-refractivity contribution is 0.00605.